The molecule has 0 bridgehead atoms. The van der Waals surface area contributed by atoms with Crippen molar-refractivity contribution in [2.75, 3.05) is 5.32 Å². The van der Waals surface area contributed by atoms with Crippen LogP contribution in [0.4, 0.5) is 36.4 Å². The smallest absolute Gasteiger partial charge is 0.317 e. The summed E-state index contributed by atoms with van der Waals surface area (Å²) in [7, 11) is 0. The molecule has 10 heteroatoms. The molecular formula is C14H5ClF7NO. The SMILES string of the molecule is O=C(Nc1c(F)c(F)c(C(F)(F)F)c(F)c1F)c1cccc(Cl)c1. The van der Waals surface area contributed by atoms with Crippen LogP contribution in [0.2, 0.25) is 5.02 Å². The second-order valence-corrected chi connectivity index (χ2v) is 4.90. The van der Waals surface area contributed by atoms with Gasteiger partial charge in [0.25, 0.3) is 5.91 Å². The number of hydrogen-bond acceptors (Lipinski definition) is 1. The zero-order chi connectivity index (χ0) is 18.2. The molecule has 1 amide bonds. The number of hydrogen-bond donors (Lipinski definition) is 1. The van der Waals surface area contributed by atoms with Gasteiger partial charge >= 0.3 is 6.18 Å². The molecule has 128 valence electrons. The molecule has 2 aromatic carbocycles. The maximum Gasteiger partial charge on any atom is 0.422 e. The van der Waals surface area contributed by atoms with Crippen molar-refractivity contribution in [1.29, 1.82) is 0 Å². The molecule has 1 N–H and O–H groups in total. The van der Waals surface area contributed by atoms with Crippen molar-refractivity contribution in [1.82, 2.24) is 0 Å². The Morgan fingerprint density at radius 2 is 1.50 bits per heavy atom. The van der Waals surface area contributed by atoms with E-state index in [1.807, 2.05) is 0 Å². The fraction of sp³-hybridized carbons (Fsp3) is 0.0714. The first-order valence-electron chi connectivity index (χ1n) is 6.04. The highest BCUT2D eigenvalue weighted by Crippen LogP contribution is 2.38. The summed E-state index contributed by atoms with van der Waals surface area (Å²) in [5.74, 6) is -11.3. The molecule has 0 atom stereocenters. The van der Waals surface area contributed by atoms with Gasteiger partial charge in [-0.05, 0) is 18.2 Å². The van der Waals surface area contributed by atoms with E-state index in [-0.39, 0.29) is 10.6 Å². The van der Waals surface area contributed by atoms with Gasteiger partial charge in [0.05, 0.1) is 0 Å². The first-order chi connectivity index (χ1) is 11.0. The van der Waals surface area contributed by atoms with Gasteiger partial charge in [0.1, 0.15) is 11.3 Å². The fourth-order valence-corrected chi connectivity index (χ4v) is 2.00. The molecule has 0 fully saturated rings. The fourth-order valence-electron chi connectivity index (χ4n) is 1.81. The van der Waals surface area contributed by atoms with E-state index in [1.54, 1.807) is 0 Å². The highest BCUT2D eigenvalue weighted by molar-refractivity contribution is 6.31. The summed E-state index contributed by atoms with van der Waals surface area (Å²) in [4.78, 5) is 11.8. The minimum absolute atomic E-state index is 0.0772. The van der Waals surface area contributed by atoms with E-state index in [0.29, 0.717) is 0 Å². The average molecular weight is 372 g/mol. The van der Waals surface area contributed by atoms with Crippen LogP contribution >= 0.6 is 11.6 Å². The molecule has 2 aromatic rings. The minimum atomic E-state index is -5.66. The van der Waals surface area contributed by atoms with Crippen LogP contribution in [0, 0.1) is 23.3 Å². The number of carbonyl (C=O) groups is 1. The van der Waals surface area contributed by atoms with Gasteiger partial charge in [0, 0.05) is 10.6 Å². The Bertz CT molecular complexity index is 790. The second-order valence-electron chi connectivity index (χ2n) is 4.47. The van der Waals surface area contributed by atoms with E-state index in [4.69, 9.17) is 11.6 Å². The molecule has 0 saturated heterocycles. The predicted molar refractivity (Wildman–Crippen MR) is 70.7 cm³/mol. The van der Waals surface area contributed by atoms with E-state index in [1.165, 1.54) is 17.4 Å². The molecule has 2 nitrogen and oxygen atoms in total. The summed E-state index contributed by atoms with van der Waals surface area (Å²) in [5.41, 5.74) is -4.64. The van der Waals surface area contributed by atoms with Gasteiger partial charge in [-0.1, -0.05) is 17.7 Å². The summed E-state index contributed by atoms with van der Waals surface area (Å²) in [6.45, 7) is 0. The zero-order valence-electron chi connectivity index (χ0n) is 11.2. The average Bonchev–Trinajstić information content (AvgIpc) is 2.48. The van der Waals surface area contributed by atoms with Crippen molar-refractivity contribution in [2.45, 2.75) is 6.18 Å². The number of halogens is 8. The van der Waals surface area contributed by atoms with E-state index >= 15 is 0 Å². The number of carbonyl (C=O) groups excluding carboxylic acids is 1. The van der Waals surface area contributed by atoms with Crippen LogP contribution in [-0.2, 0) is 6.18 Å². The molecule has 24 heavy (non-hydrogen) atoms. The zero-order valence-corrected chi connectivity index (χ0v) is 12.0. The number of nitrogens with one attached hydrogen (secondary N) is 1. The highest BCUT2D eigenvalue weighted by Gasteiger charge is 2.42. The molecule has 0 unspecified atom stereocenters. The minimum Gasteiger partial charge on any atom is -0.317 e. The maximum atomic E-state index is 13.7. The molecule has 0 aliphatic heterocycles. The third-order valence-electron chi connectivity index (χ3n) is 2.87. The summed E-state index contributed by atoms with van der Waals surface area (Å²) in [5, 5.41) is 1.56. The first-order valence-corrected chi connectivity index (χ1v) is 6.42. The van der Waals surface area contributed by atoms with Crippen LogP contribution < -0.4 is 5.32 Å². The quantitative estimate of drug-likeness (QED) is 0.573. The summed E-state index contributed by atoms with van der Waals surface area (Å²) in [6.07, 6.45) is -5.66. The van der Waals surface area contributed by atoms with E-state index in [2.05, 4.69) is 0 Å². The van der Waals surface area contributed by atoms with Gasteiger partial charge in [-0.15, -0.1) is 0 Å². The van der Waals surface area contributed by atoms with Gasteiger partial charge in [-0.25, -0.2) is 17.6 Å². The highest BCUT2D eigenvalue weighted by atomic mass is 35.5. The van der Waals surface area contributed by atoms with Gasteiger partial charge < -0.3 is 5.32 Å². The standard InChI is InChI=1S/C14H5ClF7NO/c15-6-3-1-2-5(4-6)13(24)23-12-10(18)8(16)7(14(20,21)22)9(17)11(12)19/h1-4H,(H,23,24). The van der Waals surface area contributed by atoms with Crippen LogP contribution in [0.25, 0.3) is 0 Å². The van der Waals surface area contributed by atoms with E-state index < -0.39 is 46.6 Å². The Morgan fingerprint density at radius 3 is 1.96 bits per heavy atom. The third-order valence-corrected chi connectivity index (χ3v) is 3.11. The van der Waals surface area contributed by atoms with Gasteiger partial charge in [0.15, 0.2) is 23.3 Å². The first kappa shape index (κ1) is 18.1. The summed E-state index contributed by atoms with van der Waals surface area (Å²) >= 11 is 5.60. The van der Waals surface area contributed by atoms with Crippen molar-refractivity contribution in [3.8, 4) is 0 Å². The molecule has 2 rings (SSSR count). The number of benzene rings is 2. The molecule has 0 heterocycles. The van der Waals surface area contributed by atoms with Crippen LogP contribution in [0.3, 0.4) is 0 Å². The van der Waals surface area contributed by atoms with Crippen molar-refractivity contribution >= 4 is 23.2 Å². The Balaban J connectivity index is 2.51. The van der Waals surface area contributed by atoms with E-state index in [0.717, 1.165) is 12.1 Å². The number of amides is 1. The van der Waals surface area contributed by atoms with Crippen molar-refractivity contribution in [3.63, 3.8) is 0 Å². The van der Waals surface area contributed by atoms with Crippen LogP contribution in [0.1, 0.15) is 15.9 Å². The van der Waals surface area contributed by atoms with E-state index in [9.17, 15) is 35.5 Å². The van der Waals surface area contributed by atoms with Gasteiger partial charge in [0.2, 0.25) is 0 Å². The molecule has 0 aromatic heterocycles. The Kier molecular flexibility index (Phi) is 4.75. The normalized spacial score (nSPS) is 11.5. The lowest BCUT2D eigenvalue weighted by Crippen LogP contribution is -2.20. The van der Waals surface area contributed by atoms with Crippen LogP contribution in [0.5, 0.6) is 0 Å². The number of rotatable bonds is 2. The van der Waals surface area contributed by atoms with Gasteiger partial charge in [-0.2, -0.15) is 13.2 Å². The topological polar surface area (TPSA) is 29.1 Å². The lowest BCUT2D eigenvalue weighted by atomic mass is 10.1. The molecule has 0 aliphatic rings. The van der Waals surface area contributed by atoms with Crippen LogP contribution in [0.15, 0.2) is 24.3 Å². The Morgan fingerprint density at radius 1 is 0.958 bits per heavy atom. The van der Waals surface area contributed by atoms with Gasteiger partial charge in [-0.3, -0.25) is 4.79 Å². The number of alkyl halides is 3. The predicted octanol–water partition coefficient (Wildman–Crippen LogP) is 5.17. The molecule has 0 spiro atoms. The largest absolute Gasteiger partial charge is 0.422 e. The maximum absolute atomic E-state index is 13.7. The number of anilines is 1. The van der Waals surface area contributed by atoms with Crippen molar-refractivity contribution in [2.24, 2.45) is 0 Å². The molecule has 0 radical (unpaired) electrons. The monoisotopic (exact) mass is 371 g/mol. The van der Waals surface area contributed by atoms with Crippen molar-refractivity contribution in [3.05, 3.63) is 63.7 Å². The van der Waals surface area contributed by atoms with Crippen molar-refractivity contribution < 1.29 is 35.5 Å². The third kappa shape index (κ3) is 3.30. The summed E-state index contributed by atoms with van der Waals surface area (Å²) < 4.78 is 91.6. The molecule has 0 aliphatic carbocycles. The Labute approximate surface area is 134 Å². The Hall–Kier alpha value is -2.29. The summed E-state index contributed by atoms with van der Waals surface area (Å²) in [6, 6.07) is 4.91. The lowest BCUT2D eigenvalue weighted by molar-refractivity contribution is -0.143. The second kappa shape index (κ2) is 6.31. The molecule has 0 saturated carbocycles. The molecular weight excluding hydrogens is 367 g/mol. The lowest BCUT2D eigenvalue weighted by Gasteiger charge is -2.14. The van der Waals surface area contributed by atoms with Crippen LogP contribution in [-0.4, -0.2) is 5.91 Å².